The average molecular weight is 200 g/mol. The predicted molar refractivity (Wildman–Crippen MR) is 57.8 cm³/mol. The molecule has 2 aromatic rings. The van der Waals surface area contributed by atoms with Crippen LogP contribution in [-0.4, -0.2) is 15.3 Å². The minimum Gasteiger partial charge on any atom is -0.324 e. The highest BCUT2D eigenvalue weighted by molar-refractivity contribution is 5.90. The minimum atomic E-state index is -0.00377. The molecular formula is C12H12N2O. The number of carbonyl (C=O) groups is 1. The van der Waals surface area contributed by atoms with Crippen LogP contribution < -0.4 is 0 Å². The monoisotopic (exact) mass is 200 g/mol. The molecule has 1 aromatic carbocycles. The van der Waals surface area contributed by atoms with Crippen LogP contribution in [0.1, 0.15) is 23.1 Å². The van der Waals surface area contributed by atoms with Gasteiger partial charge in [0.15, 0.2) is 11.6 Å². The summed E-state index contributed by atoms with van der Waals surface area (Å²) in [5.74, 6) is 0.509. The molecule has 0 atom stereocenters. The van der Waals surface area contributed by atoms with E-state index in [1.807, 2.05) is 41.1 Å². The summed E-state index contributed by atoms with van der Waals surface area (Å²) in [6, 6.07) is 10.0. The minimum absolute atomic E-state index is 0.00377. The molecule has 0 spiro atoms. The Morgan fingerprint density at radius 1 is 1.33 bits per heavy atom. The number of rotatable bonds is 3. The number of carbonyl (C=O) groups excluding carboxylic acids is 1. The molecule has 0 aliphatic rings. The topological polar surface area (TPSA) is 34.9 Å². The standard InChI is InChI=1S/C12H12N2O/c1-10(15)12-13-7-8-14(12)9-11-5-3-2-4-6-11/h2-8H,9H2,1H3. The molecule has 0 bridgehead atoms. The number of imidazole rings is 1. The van der Waals surface area contributed by atoms with E-state index < -0.39 is 0 Å². The molecule has 1 aromatic heterocycles. The van der Waals surface area contributed by atoms with Crippen LogP contribution in [0.2, 0.25) is 0 Å². The summed E-state index contributed by atoms with van der Waals surface area (Å²) in [6.45, 7) is 2.22. The molecule has 0 N–H and O–H groups in total. The van der Waals surface area contributed by atoms with Crippen molar-refractivity contribution in [3.05, 3.63) is 54.1 Å². The Kier molecular flexibility index (Phi) is 2.63. The van der Waals surface area contributed by atoms with E-state index in [9.17, 15) is 4.79 Å². The first-order valence-electron chi connectivity index (χ1n) is 4.83. The summed E-state index contributed by atoms with van der Waals surface area (Å²) in [7, 11) is 0. The van der Waals surface area contributed by atoms with E-state index in [0.717, 1.165) is 5.56 Å². The van der Waals surface area contributed by atoms with Gasteiger partial charge in [-0.25, -0.2) is 4.98 Å². The maximum Gasteiger partial charge on any atom is 0.195 e. The van der Waals surface area contributed by atoms with Gasteiger partial charge in [-0.15, -0.1) is 0 Å². The largest absolute Gasteiger partial charge is 0.324 e. The van der Waals surface area contributed by atoms with Crippen molar-refractivity contribution in [2.24, 2.45) is 0 Å². The lowest BCUT2D eigenvalue weighted by Gasteiger charge is -2.05. The van der Waals surface area contributed by atoms with Crippen LogP contribution in [0.25, 0.3) is 0 Å². The highest BCUT2D eigenvalue weighted by Gasteiger charge is 2.07. The third kappa shape index (κ3) is 2.13. The van der Waals surface area contributed by atoms with Crippen LogP contribution in [0.3, 0.4) is 0 Å². The predicted octanol–water partition coefficient (Wildman–Crippen LogP) is 2.13. The maximum atomic E-state index is 11.2. The fourth-order valence-corrected chi connectivity index (χ4v) is 1.53. The molecule has 1 heterocycles. The van der Waals surface area contributed by atoms with Crippen LogP contribution in [0.4, 0.5) is 0 Å². The average Bonchev–Trinajstić information content (AvgIpc) is 2.67. The number of Topliss-reactive ketones (excluding diaryl/α,β-unsaturated/α-hetero) is 1. The first-order chi connectivity index (χ1) is 7.27. The van der Waals surface area contributed by atoms with Crippen molar-refractivity contribution in [2.75, 3.05) is 0 Å². The van der Waals surface area contributed by atoms with E-state index in [1.165, 1.54) is 6.92 Å². The van der Waals surface area contributed by atoms with Gasteiger partial charge in [-0.2, -0.15) is 0 Å². The molecule has 0 saturated heterocycles. The van der Waals surface area contributed by atoms with Crippen molar-refractivity contribution in [1.29, 1.82) is 0 Å². The van der Waals surface area contributed by atoms with Gasteiger partial charge in [-0.1, -0.05) is 30.3 Å². The molecule has 0 aliphatic carbocycles. The smallest absolute Gasteiger partial charge is 0.195 e. The molecule has 15 heavy (non-hydrogen) atoms. The number of hydrogen-bond donors (Lipinski definition) is 0. The Hall–Kier alpha value is -1.90. The zero-order valence-corrected chi connectivity index (χ0v) is 8.55. The molecule has 3 heteroatoms. The van der Waals surface area contributed by atoms with Gasteiger partial charge in [0.1, 0.15) is 0 Å². The lowest BCUT2D eigenvalue weighted by Crippen LogP contribution is -2.07. The Morgan fingerprint density at radius 3 is 2.73 bits per heavy atom. The Morgan fingerprint density at radius 2 is 2.07 bits per heavy atom. The van der Waals surface area contributed by atoms with Crippen molar-refractivity contribution >= 4 is 5.78 Å². The number of benzene rings is 1. The number of ketones is 1. The molecular weight excluding hydrogens is 188 g/mol. The summed E-state index contributed by atoms with van der Waals surface area (Å²) < 4.78 is 1.86. The zero-order valence-electron chi connectivity index (χ0n) is 8.55. The van der Waals surface area contributed by atoms with E-state index in [0.29, 0.717) is 12.4 Å². The first-order valence-corrected chi connectivity index (χ1v) is 4.83. The van der Waals surface area contributed by atoms with Crippen LogP contribution in [0, 0.1) is 0 Å². The zero-order chi connectivity index (χ0) is 10.7. The first kappa shape index (κ1) is 9.65. The van der Waals surface area contributed by atoms with Gasteiger partial charge in [-0.05, 0) is 5.56 Å². The number of aromatic nitrogens is 2. The van der Waals surface area contributed by atoms with Gasteiger partial charge < -0.3 is 4.57 Å². The fourth-order valence-electron chi connectivity index (χ4n) is 1.53. The van der Waals surface area contributed by atoms with Crippen LogP contribution in [0.15, 0.2) is 42.7 Å². The molecule has 0 fully saturated rings. The highest BCUT2D eigenvalue weighted by Crippen LogP contribution is 2.05. The van der Waals surface area contributed by atoms with Gasteiger partial charge >= 0.3 is 0 Å². The summed E-state index contributed by atoms with van der Waals surface area (Å²) in [5.41, 5.74) is 1.16. The molecule has 76 valence electrons. The second-order valence-corrected chi connectivity index (χ2v) is 3.42. The highest BCUT2D eigenvalue weighted by atomic mass is 16.1. The van der Waals surface area contributed by atoms with Crippen molar-refractivity contribution in [2.45, 2.75) is 13.5 Å². The lowest BCUT2D eigenvalue weighted by atomic mass is 10.2. The van der Waals surface area contributed by atoms with Crippen molar-refractivity contribution in [3.8, 4) is 0 Å². The molecule has 0 radical (unpaired) electrons. The Labute approximate surface area is 88.4 Å². The Balaban J connectivity index is 2.25. The SMILES string of the molecule is CC(=O)c1nccn1Cc1ccccc1. The van der Waals surface area contributed by atoms with Crippen molar-refractivity contribution in [1.82, 2.24) is 9.55 Å². The van der Waals surface area contributed by atoms with E-state index >= 15 is 0 Å². The summed E-state index contributed by atoms with van der Waals surface area (Å²) in [4.78, 5) is 15.3. The van der Waals surface area contributed by atoms with Gasteiger partial charge in [-0.3, -0.25) is 4.79 Å². The molecule has 0 saturated carbocycles. The van der Waals surface area contributed by atoms with Gasteiger partial charge in [0.2, 0.25) is 0 Å². The van der Waals surface area contributed by atoms with Crippen molar-refractivity contribution < 1.29 is 4.79 Å². The van der Waals surface area contributed by atoms with Gasteiger partial charge in [0.25, 0.3) is 0 Å². The third-order valence-corrected chi connectivity index (χ3v) is 2.23. The third-order valence-electron chi connectivity index (χ3n) is 2.23. The molecule has 2 rings (SSSR count). The maximum absolute atomic E-state index is 11.2. The van der Waals surface area contributed by atoms with E-state index in [1.54, 1.807) is 6.20 Å². The van der Waals surface area contributed by atoms with Crippen LogP contribution in [0.5, 0.6) is 0 Å². The molecule has 0 unspecified atom stereocenters. The van der Waals surface area contributed by atoms with E-state index in [2.05, 4.69) is 4.98 Å². The summed E-state index contributed by atoms with van der Waals surface area (Å²) in [5, 5.41) is 0. The van der Waals surface area contributed by atoms with Crippen LogP contribution in [-0.2, 0) is 6.54 Å². The van der Waals surface area contributed by atoms with Gasteiger partial charge in [0, 0.05) is 25.9 Å². The fraction of sp³-hybridized carbons (Fsp3) is 0.167. The van der Waals surface area contributed by atoms with Gasteiger partial charge in [0.05, 0.1) is 0 Å². The van der Waals surface area contributed by atoms with E-state index in [-0.39, 0.29) is 5.78 Å². The second kappa shape index (κ2) is 4.09. The summed E-state index contributed by atoms with van der Waals surface area (Å²) in [6.07, 6.45) is 3.48. The molecule has 0 amide bonds. The quantitative estimate of drug-likeness (QED) is 0.711. The number of hydrogen-bond acceptors (Lipinski definition) is 2. The van der Waals surface area contributed by atoms with E-state index in [4.69, 9.17) is 0 Å². The molecule has 3 nitrogen and oxygen atoms in total. The van der Waals surface area contributed by atoms with Crippen LogP contribution >= 0.6 is 0 Å². The number of nitrogens with zero attached hydrogens (tertiary/aromatic N) is 2. The Bertz CT molecular complexity index is 459. The second-order valence-electron chi connectivity index (χ2n) is 3.42. The van der Waals surface area contributed by atoms with Crippen molar-refractivity contribution in [3.63, 3.8) is 0 Å². The lowest BCUT2D eigenvalue weighted by molar-refractivity contribution is 0.1000. The normalized spacial score (nSPS) is 10.2. The molecule has 0 aliphatic heterocycles. The summed E-state index contributed by atoms with van der Waals surface area (Å²) >= 11 is 0.